The average Bonchev–Trinajstić information content (AvgIpc) is 3.10. The van der Waals surface area contributed by atoms with Crippen LogP contribution in [0.1, 0.15) is 48.8 Å². The molecule has 0 aromatic heterocycles. The van der Waals surface area contributed by atoms with Crippen molar-refractivity contribution in [2.75, 3.05) is 18.0 Å². The van der Waals surface area contributed by atoms with Crippen LogP contribution in [0.2, 0.25) is 0 Å². The highest BCUT2D eigenvalue weighted by atomic mass is 79.9. The summed E-state index contributed by atoms with van der Waals surface area (Å²) in [5.41, 5.74) is 2.97. The summed E-state index contributed by atoms with van der Waals surface area (Å²) in [5, 5.41) is 3.25. The van der Waals surface area contributed by atoms with E-state index in [0.29, 0.717) is 15.9 Å². The van der Waals surface area contributed by atoms with Gasteiger partial charge in [0, 0.05) is 23.5 Å². The molecule has 0 aliphatic heterocycles. The number of hydrogen-bond donors (Lipinski definition) is 1. The van der Waals surface area contributed by atoms with Gasteiger partial charge in [0.25, 0.3) is 10.0 Å². The monoisotopic (exact) mass is 809 g/mol. The number of carbonyl (C=O) groups is 2. The molecule has 0 heterocycles. The molecular formula is C38H41Br2N3O5S. The number of aryl methyl sites for hydroxylation is 1. The first-order chi connectivity index (χ1) is 23.5. The molecule has 0 spiro atoms. The minimum atomic E-state index is -4.26. The molecular weight excluding hydrogens is 770 g/mol. The standard InChI is InChI=1S/C38H41Br2N3O5S/c1-27-16-18-32(19-17-27)43(49(46,47)33-20-21-36(48-2)34(40)24-33)26-37(44)42(25-29-12-9-13-30(39)22-29)35(23-28-10-5-3-6-11-28)38(45)41-31-14-7-4-8-15-31/h3,5-6,9-13,16-22,24,31,35H,4,7-8,14-15,23,25-26H2,1-2H3,(H,41,45)/t35-/m1/s1. The molecule has 11 heteroatoms. The van der Waals surface area contributed by atoms with Crippen molar-refractivity contribution < 1.29 is 22.7 Å². The van der Waals surface area contributed by atoms with Gasteiger partial charge >= 0.3 is 0 Å². The van der Waals surface area contributed by atoms with E-state index in [1.165, 1.54) is 24.1 Å². The molecule has 5 rings (SSSR count). The van der Waals surface area contributed by atoms with E-state index in [2.05, 4.69) is 37.2 Å². The van der Waals surface area contributed by atoms with Gasteiger partial charge in [-0.25, -0.2) is 8.42 Å². The lowest BCUT2D eigenvalue weighted by Gasteiger charge is -2.35. The van der Waals surface area contributed by atoms with Gasteiger partial charge in [-0.3, -0.25) is 13.9 Å². The second kappa shape index (κ2) is 16.8. The number of amides is 2. The average molecular weight is 812 g/mol. The summed E-state index contributed by atoms with van der Waals surface area (Å²) in [6.45, 7) is 1.49. The van der Waals surface area contributed by atoms with Crippen molar-refractivity contribution in [2.24, 2.45) is 0 Å². The normalized spacial score (nSPS) is 14.1. The van der Waals surface area contributed by atoms with Gasteiger partial charge in [-0.15, -0.1) is 0 Å². The number of methoxy groups -OCH3 is 1. The maximum Gasteiger partial charge on any atom is 0.264 e. The zero-order valence-electron chi connectivity index (χ0n) is 27.6. The molecule has 0 saturated heterocycles. The molecule has 1 N–H and O–H groups in total. The van der Waals surface area contributed by atoms with Crippen LogP contribution in [-0.2, 0) is 32.6 Å². The van der Waals surface area contributed by atoms with E-state index in [9.17, 15) is 18.0 Å². The van der Waals surface area contributed by atoms with Gasteiger partial charge in [0.05, 0.1) is 22.2 Å². The van der Waals surface area contributed by atoms with Crippen LogP contribution in [0.3, 0.4) is 0 Å². The first-order valence-electron chi connectivity index (χ1n) is 16.4. The number of anilines is 1. The maximum atomic E-state index is 14.8. The molecule has 8 nitrogen and oxygen atoms in total. The number of benzene rings is 4. The lowest BCUT2D eigenvalue weighted by atomic mass is 9.94. The van der Waals surface area contributed by atoms with Crippen molar-refractivity contribution in [3.05, 3.63) is 123 Å². The summed E-state index contributed by atoms with van der Waals surface area (Å²) in [5.74, 6) is -0.274. The fourth-order valence-electron chi connectivity index (χ4n) is 6.10. The highest BCUT2D eigenvalue weighted by Crippen LogP contribution is 2.31. The quantitative estimate of drug-likeness (QED) is 0.149. The lowest BCUT2D eigenvalue weighted by Crippen LogP contribution is -2.55. The topological polar surface area (TPSA) is 96.0 Å². The molecule has 49 heavy (non-hydrogen) atoms. The number of halogens is 2. The Hall–Kier alpha value is -3.67. The molecule has 4 aromatic carbocycles. The van der Waals surface area contributed by atoms with E-state index >= 15 is 0 Å². The van der Waals surface area contributed by atoms with Crippen LogP contribution >= 0.6 is 31.9 Å². The lowest BCUT2D eigenvalue weighted by molar-refractivity contribution is -0.140. The molecule has 1 saturated carbocycles. The van der Waals surface area contributed by atoms with Crippen LogP contribution in [-0.4, -0.2) is 50.9 Å². The van der Waals surface area contributed by atoms with Gasteiger partial charge in [-0.05, 0) is 89.3 Å². The van der Waals surface area contributed by atoms with Gasteiger partial charge < -0.3 is 15.0 Å². The van der Waals surface area contributed by atoms with Gasteiger partial charge in [-0.1, -0.05) is 95.4 Å². The van der Waals surface area contributed by atoms with E-state index in [1.807, 2.05) is 61.5 Å². The molecule has 2 amide bonds. The maximum absolute atomic E-state index is 14.8. The summed E-state index contributed by atoms with van der Waals surface area (Å²) in [6, 6.07) is 27.8. The number of hydrogen-bond acceptors (Lipinski definition) is 5. The summed E-state index contributed by atoms with van der Waals surface area (Å²) < 4.78 is 36.5. The molecule has 1 fully saturated rings. The van der Waals surface area contributed by atoms with Crippen molar-refractivity contribution in [2.45, 2.75) is 69.0 Å². The molecule has 0 bridgehead atoms. The van der Waals surface area contributed by atoms with E-state index in [1.54, 1.807) is 30.3 Å². The Morgan fingerprint density at radius 2 is 1.57 bits per heavy atom. The molecule has 1 aliphatic rings. The van der Waals surface area contributed by atoms with E-state index in [-0.39, 0.29) is 29.8 Å². The summed E-state index contributed by atoms with van der Waals surface area (Å²) in [6.07, 6.45) is 5.27. The van der Waals surface area contributed by atoms with Crippen LogP contribution in [0.25, 0.3) is 0 Å². The third-order valence-corrected chi connectivity index (χ3v) is 11.7. The van der Waals surface area contributed by atoms with Crippen LogP contribution in [0.4, 0.5) is 5.69 Å². The predicted octanol–water partition coefficient (Wildman–Crippen LogP) is 7.81. The van der Waals surface area contributed by atoms with Crippen LogP contribution in [0.5, 0.6) is 5.75 Å². The molecule has 1 aliphatic carbocycles. The Bertz CT molecular complexity index is 1850. The number of nitrogens with one attached hydrogen (secondary N) is 1. The Kier molecular flexibility index (Phi) is 12.6. The highest BCUT2D eigenvalue weighted by molar-refractivity contribution is 9.10. The minimum Gasteiger partial charge on any atom is -0.496 e. The first-order valence-corrected chi connectivity index (χ1v) is 19.4. The Labute approximate surface area is 306 Å². The summed E-state index contributed by atoms with van der Waals surface area (Å²) in [7, 11) is -2.76. The second-order valence-corrected chi connectivity index (χ2v) is 16.0. The van der Waals surface area contributed by atoms with Crippen molar-refractivity contribution >= 4 is 59.4 Å². The van der Waals surface area contributed by atoms with Gasteiger partial charge in [0.15, 0.2) is 0 Å². The van der Waals surface area contributed by atoms with Gasteiger partial charge in [0.2, 0.25) is 11.8 Å². The molecule has 0 radical (unpaired) electrons. The zero-order chi connectivity index (χ0) is 35.0. The minimum absolute atomic E-state index is 0.0111. The third kappa shape index (κ3) is 9.52. The number of carbonyl (C=O) groups excluding carboxylic acids is 2. The van der Waals surface area contributed by atoms with E-state index < -0.39 is 28.5 Å². The molecule has 1 atom stereocenters. The number of ether oxygens (including phenoxy) is 1. The van der Waals surface area contributed by atoms with Crippen molar-refractivity contribution in [3.63, 3.8) is 0 Å². The zero-order valence-corrected chi connectivity index (χ0v) is 31.6. The fourth-order valence-corrected chi connectivity index (χ4v) is 8.68. The van der Waals surface area contributed by atoms with Crippen LogP contribution in [0.15, 0.2) is 111 Å². The summed E-state index contributed by atoms with van der Waals surface area (Å²) >= 11 is 6.94. The van der Waals surface area contributed by atoms with Crippen LogP contribution in [0, 0.1) is 6.92 Å². The first kappa shape index (κ1) is 36.6. The fraction of sp³-hybridized carbons (Fsp3) is 0.316. The largest absolute Gasteiger partial charge is 0.496 e. The van der Waals surface area contributed by atoms with Crippen molar-refractivity contribution in [3.8, 4) is 5.75 Å². The van der Waals surface area contributed by atoms with E-state index in [4.69, 9.17) is 4.74 Å². The Morgan fingerprint density at radius 3 is 2.22 bits per heavy atom. The molecule has 0 unspecified atom stereocenters. The Balaban J connectivity index is 1.57. The van der Waals surface area contributed by atoms with E-state index in [0.717, 1.165) is 57.6 Å². The van der Waals surface area contributed by atoms with Crippen molar-refractivity contribution in [1.29, 1.82) is 0 Å². The third-order valence-electron chi connectivity index (χ3n) is 8.78. The molecule has 4 aromatic rings. The number of nitrogens with zero attached hydrogens (tertiary/aromatic N) is 2. The number of rotatable bonds is 13. The predicted molar refractivity (Wildman–Crippen MR) is 200 cm³/mol. The van der Waals surface area contributed by atoms with Gasteiger partial charge in [-0.2, -0.15) is 0 Å². The number of sulfonamides is 1. The highest BCUT2D eigenvalue weighted by Gasteiger charge is 2.35. The summed E-state index contributed by atoms with van der Waals surface area (Å²) in [4.78, 5) is 30.5. The second-order valence-electron chi connectivity index (χ2n) is 12.3. The Morgan fingerprint density at radius 1 is 0.878 bits per heavy atom. The SMILES string of the molecule is COc1ccc(S(=O)(=O)N(CC(=O)N(Cc2cccc(Br)c2)[C@H](Cc2ccccc2)C(=O)NC2CCCCC2)c2ccc(C)cc2)cc1Br. The van der Waals surface area contributed by atoms with Gasteiger partial charge in [0.1, 0.15) is 18.3 Å². The van der Waals surface area contributed by atoms with Crippen molar-refractivity contribution in [1.82, 2.24) is 10.2 Å². The van der Waals surface area contributed by atoms with Crippen LogP contribution < -0.4 is 14.4 Å². The smallest absolute Gasteiger partial charge is 0.264 e. The molecule has 258 valence electrons.